The number of nitro benzene ring substituents is 2. The van der Waals surface area contributed by atoms with Crippen LogP contribution in [0.4, 0.5) is 11.4 Å². The molecule has 0 fully saturated rings. The number of aliphatic hydroxyl groups is 1. The molecule has 2 aromatic carbocycles. The third-order valence-electron chi connectivity index (χ3n) is 5.39. The van der Waals surface area contributed by atoms with Crippen molar-refractivity contribution in [3.63, 3.8) is 0 Å². The van der Waals surface area contributed by atoms with Crippen molar-refractivity contribution in [3.05, 3.63) is 78.9 Å². The lowest BCUT2D eigenvalue weighted by atomic mass is 10.1. The Hall–Kier alpha value is -2.04. The highest BCUT2D eigenvalue weighted by atomic mass is 35.5. The number of benzene rings is 2. The molecule has 2 aromatic rings. The summed E-state index contributed by atoms with van der Waals surface area (Å²) in [6.07, 6.45) is 0. The van der Waals surface area contributed by atoms with Gasteiger partial charge in [-0.2, -0.15) is 0 Å². The fraction of sp³-hybridized carbons (Fsp3) is 0.478. The van der Waals surface area contributed by atoms with Crippen molar-refractivity contribution in [2.45, 2.75) is 71.3 Å². The average molecular weight is 534 g/mol. The van der Waals surface area contributed by atoms with Crippen LogP contribution in [0.15, 0.2) is 36.4 Å². The highest BCUT2D eigenvalue weighted by Gasteiger charge is 2.37. The first-order chi connectivity index (χ1) is 15.2. The van der Waals surface area contributed by atoms with Gasteiger partial charge < -0.3 is 9.53 Å². The maximum absolute atomic E-state index is 10.9. The Morgan fingerprint density at radius 3 is 1.59 bits per heavy atom. The topological polar surface area (TPSA) is 116 Å². The highest BCUT2D eigenvalue weighted by molar-refractivity contribution is 6.74. The largest absolute Gasteiger partial charge is 0.413 e. The van der Waals surface area contributed by atoms with E-state index in [1.807, 2.05) is 6.07 Å². The molecule has 0 aromatic heterocycles. The lowest BCUT2D eigenvalue weighted by Crippen LogP contribution is -2.40. The van der Waals surface area contributed by atoms with E-state index in [-0.39, 0.29) is 42.2 Å². The third kappa shape index (κ3) is 9.67. The van der Waals surface area contributed by atoms with Crippen molar-refractivity contribution in [2.75, 3.05) is 0 Å². The minimum atomic E-state index is -1.86. The van der Waals surface area contributed by atoms with Gasteiger partial charge in [-0.25, -0.2) is 0 Å². The molecular formula is C23H34Cl2N2O6Si. The van der Waals surface area contributed by atoms with Crippen LogP contribution in [0.5, 0.6) is 0 Å². The van der Waals surface area contributed by atoms with Crippen molar-refractivity contribution in [3.8, 4) is 0 Å². The Balaban J connectivity index is 0.000000676. The molecule has 0 unspecified atom stereocenters. The van der Waals surface area contributed by atoms with E-state index in [1.54, 1.807) is 12.1 Å². The minimum absolute atomic E-state index is 0. The lowest BCUT2D eigenvalue weighted by molar-refractivity contribution is -0.385. The quantitative estimate of drug-likeness (QED) is 0.165. The fourth-order valence-electron chi connectivity index (χ4n) is 2.51. The van der Waals surface area contributed by atoms with Crippen molar-refractivity contribution >= 4 is 42.9 Å². The molecule has 0 radical (unpaired) electrons. The zero-order valence-electron chi connectivity index (χ0n) is 19.4. The zero-order valence-corrected chi connectivity index (χ0v) is 21.9. The van der Waals surface area contributed by atoms with Gasteiger partial charge in [0.15, 0.2) is 8.32 Å². The molecule has 0 spiro atoms. The SMILES string of the molecule is C.CC(C)(C)[Si](C)(C)OCc1cc(CCl)cc([N+](=O)[O-])c1.O=[N+]([O-])c1cc(CO)cc(CCl)c1. The predicted molar refractivity (Wildman–Crippen MR) is 140 cm³/mol. The molecule has 0 bridgehead atoms. The van der Waals surface area contributed by atoms with Crippen LogP contribution in [0.3, 0.4) is 0 Å². The third-order valence-corrected chi connectivity index (χ3v) is 10.5. The smallest absolute Gasteiger partial charge is 0.270 e. The molecule has 8 nitrogen and oxygen atoms in total. The molecule has 0 amide bonds. The summed E-state index contributed by atoms with van der Waals surface area (Å²) in [6.45, 7) is 11.0. The number of aliphatic hydroxyl groups excluding tert-OH is 1. The van der Waals surface area contributed by atoms with E-state index in [9.17, 15) is 20.2 Å². The van der Waals surface area contributed by atoms with E-state index in [2.05, 4.69) is 33.9 Å². The molecule has 0 saturated carbocycles. The monoisotopic (exact) mass is 532 g/mol. The van der Waals surface area contributed by atoms with E-state index in [0.717, 1.165) is 11.1 Å². The number of rotatable bonds is 8. The van der Waals surface area contributed by atoms with Crippen LogP contribution in [-0.4, -0.2) is 23.3 Å². The first-order valence-electron chi connectivity index (χ1n) is 10.1. The summed E-state index contributed by atoms with van der Waals surface area (Å²) < 4.78 is 6.09. The second-order valence-corrected chi connectivity index (χ2v) is 14.3. The Kier molecular flexibility index (Phi) is 12.9. The predicted octanol–water partition coefficient (Wildman–Crippen LogP) is 7.32. The molecule has 0 heterocycles. The summed E-state index contributed by atoms with van der Waals surface area (Å²) in [7, 11) is -1.86. The molecule has 11 heteroatoms. The molecule has 0 aliphatic rings. The van der Waals surface area contributed by atoms with Gasteiger partial charge in [-0.05, 0) is 40.4 Å². The summed E-state index contributed by atoms with van der Waals surface area (Å²) in [5.41, 5.74) is 2.72. The van der Waals surface area contributed by atoms with Gasteiger partial charge in [-0.15, -0.1) is 23.2 Å². The number of nitrogens with zero attached hydrogens (tertiary/aromatic N) is 2. The second kappa shape index (κ2) is 13.7. The summed E-state index contributed by atoms with van der Waals surface area (Å²) in [5.74, 6) is 0.462. The molecule has 0 saturated heterocycles. The van der Waals surface area contributed by atoms with Gasteiger partial charge in [-0.1, -0.05) is 40.3 Å². The van der Waals surface area contributed by atoms with Crippen LogP contribution in [0.2, 0.25) is 18.1 Å². The van der Waals surface area contributed by atoms with Gasteiger partial charge in [0, 0.05) is 36.0 Å². The van der Waals surface area contributed by atoms with Gasteiger partial charge in [-0.3, -0.25) is 20.2 Å². The minimum Gasteiger partial charge on any atom is -0.413 e. The first-order valence-corrected chi connectivity index (χ1v) is 14.1. The molecule has 2 rings (SSSR count). The van der Waals surface area contributed by atoms with Crippen LogP contribution in [0.25, 0.3) is 0 Å². The molecule has 0 atom stereocenters. The van der Waals surface area contributed by atoms with Crippen LogP contribution < -0.4 is 0 Å². The number of halogens is 2. The fourth-order valence-corrected chi connectivity index (χ4v) is 3.78. The van der Waals surface area contributed by atoms with Crippen molar-refractivity contribution < 1.29 is 19.4 Å². The standard InChI is InChI=1S/C14H22ClNO3Si.C8H8ClNO3.CH4/c1-14(2,3)20(4,5)19-10-12-6-11(9-15)7-13(8-12)16(17)18;9-4-6-1-7(5-11)3-8(2-6)10(12)13;/h6-8H,9-10H2,1-5H3;1-3,11H,4-5H2;1H4. The maximum Gasteiger partial charge on any atom is 0.270 e. The molecule has 1 N–H and O–H groups in total. The van der Waals surface area contributed by atoms with E-state index in [0.29, 0.717) is 17.7 Å². The Bertz CT molecular complexity index is 958. The lowest BCUT2D eigenvalue weighted by Gasteiger charge is -2.36. The molecule has 0 aliphatic carbocycles. The summed E-state index contributed by atoms with van der Waals surface area (Å²) in [4.78, 5) is 20.4. The Morgan fingerprint density at radius 2 is 1.24 bits per heavy atom. The van der Waals surface area contributed by atoms with Crippen molar-refractivity contribution in [1.29, 1.82) is 0 Å². The molecule has 34 heavy (non-hydrogen) atoms. The number of non-ortho nitro benzene ring substituents is 2. The molecular weight excluding hydrogens is 499 g/mol. The second-order valence-electron chi connectivity index (χ2n) is 9.00. The van der Waals surface area contributed by atoms with Crippen molar-refractivity contribution in [2.24, 2.45) is 0 Å². The van der Waals surface area contributed by atoms with E-state index in [1.165, 1.54) is 18.2 Å². The van der Waals surface area contributed by atoms with Gasteiger partial charge >= 0.3 is 0 Å². The number of alkyl halides is 2. The van der Waals surface area contributed by atoms with Gasteiger partial charge in [0.05, 0.1) is 23.1 Å². The first kappa shape index (κ1) is 32.0. The van der Waals surface area contributed by atoms with Gasteiger partial charge in [0.1, 0.15) is 0 Å². The number of hydrogen-bond acceptors (Lipinski definition) is 6. The zero-order chi connectivity index (χ0) is 25.4. The van der Waals surface area contributed by atoms with E-state index >= 15 is 0 Å². The van der Waals surface area contributed by atoms with Gasteiger partial charge in [0.2, 0.25) is 0 Å². The Morgan fingerprint density at radius 1 is 0.853 bits per heavy atom. The Labute approximate surface area is 212 Å². The average Bonchev–Trinajstić information content (AvgIpc) is 2.76. The van der Waals surface area contributed by atoms with Crippen molar-refractivity contribution in [1.82, 2.24) is 0 Å². The molecule has 190 valence electrons. The van der Waals surface area contributed by atoms with Crippen LogP contribution in [-0.2, 0) is 29.4 Å². The maximum atomic E-state index is 10.9. The summed E-state index contributed by atoms with van der Waals surface area (Å²) in [6, 6.07) is 9.29. The summed E-state index contributed by atoms with van der Waals surface area (Å²) in [5, 5.41) is 30.2. The van der Waals surface area contributed by atoms with Crippen LogP contribution in [0.1, 0.15) is 50.5 Å². The number of nitro groups is 2. The van der Waals surface area contributed by atoms with Crippen LogP contribution in [0, 0.1) is 20.2 Å². The van der Waals surface area contributed by atoms with E-state index in [4.69, 9.17) is 32.7 Å². The highest BCUT2D eigenvalue weighted by Crippen LogP contribution is 2.37. The van der Waals surface area contributed by atoms with E-state index < -0.39 is 18.2 Å². The van der Waals surface area contributed by atoms with Crippen LogP contribution >= 0.6 is 23.2 Å². The molecule has 0 aliphatic heterocycles. The van der Waals surface area contributed by atoms with Gasteiger partial charge in [0.25, 0.3) is 11.4 Å². The number of hydrogen-bond donors (Lipinski definition) is 1. The normalized spacial score (nSPS) is 11.2. The summed E-state index contributed by atoms with van der Waals surface area (Å²) >= 11 is 11.3.